The number of thioether (sulfide) groups is 1. The molecule has 0 unspecified atom stereocenters. The molecule has 252 valence electrons. The molecule has 0 bridgehead atoms. The van der Waals surface area contributed by atoms with Crippen LogP contribution in [0.5, 0.6) is 0 Å². The molecule has 46 heavy (non-hydrogen) atoms. The third-order valence-corrected chi connectivity index (χ3v) is 11.7. The second-order valence-electron chi connectivity index (χ2n) is 15.3. The van der Waals surface area contributed by atoms with Gasteiger partial charge in [-0.3, -0.25) is 9.59 Å². The van der Waals surface area contributed by atoms with Crippen molar-refractivity contribution in [2.45, 2.75) is 124 Å². The molecule has 2 saturated carbocycles. The van der Waals surface area contributed by atoms with Gasteiger partial charge in [-0.15, -0.1) is 5.01 Å². The molecule has 2 fully saturated rings. The van der Waals surface area contributed by atoms with Crippen LogP contribution < -0.4 is 4.90 Å². The summed E-state index contributed by atoms with van der Waals surface area (Å²) in [5, 5.41) is 4.57. The van der Waals surface area contributed by atoms with Crippen molar-refractivity contribution in [3.63, 3.8) is 0 Å². The SMILES string of the molecule is CC(C)[C@@H]1CC[C@@H](C)C[C@H]1OC(=O)N1N=C(c2ccc3c(c2)C(C)(C)C(=O)N3C(=O)O[C@@H]2C[C@H](C)CC[C@H]2C(C)C)[C@@H](C)SC1=O. The van der Waals surface area contributed by atoms with Crippen molar-refractivity contribution in [3.8, 4) is 0 Å². The molecular formula is C36H51N3O6S. The fourth-order valence-corrected chi connectivity index (χ4v) is 8.65. The van der Waals surface area contributed by atoms with Crippen molar-refractivity contribution in [3.05, 3.63) is 29.3 Å². The van der Waals surface area contributed by atoms with E-state index in [4.69, 9.17) is 9.47 Å². The number of fused-ring (bicyclic) bond motifs is 1. The summed E-state index contributed by atoms with van der Waals surface area (Å²) in [4.78, 5) is 55.0. The van der Waals surface area contributed by atoms with Crippen LogP contribution in [0.3, 0.4) is 0 Å². The highest BCUT2D eigenvalue weighted by atomic mass is 32.2. The van der Waals surface area contributed by atoms with Gasteiger partial charge < -0.3 is 9.47 Å². The highest BCUT2D eigenvalue weighted by Crippen LogP contribution is 2.44. The fraction of sp³-hybridized carbons (Fsp3) is 0.694. The molecule has 2 aliphatic heterocycles. The Morgan fingerprint density at radius 2 is 1.41 bits per heavy atom. The zero-order valence-corrected chi connectivity index (χ0v) is 29.7. The molecule has 9 nitrogen and oxygen atoms in total. The van der Waals surface area contributed by atoms with Gasteiger partial charge in [0.15, 0.2) is 0 Å². The molecule has 4 aliphatic rings. The number of rotatable bonds is 5. The number of hydrogen-bond donors (Lipinski definition) is 0. The second kappa shape index (κ2) is 13.3. The van der Waals surface area contributed by atoms with Crippen LogP contribution in [-0.2, 0) is 19.7 Å². The maximum absolute atomic E-state index is 13.7. The lowest BCUT2D eigenvalue weighted by molar-refractivity contribution is -0.121. The van der Waals surface area contributed by atoms with E-state index in [1.54, 1.807) is 26.0 Å². The number of hydrogen-bond acceptors (Lipinski definition) is 8. The Morgan fingerprint density at radius 3 is 1.96 bits per heavy atom. The Balaban J connectivity index is 1.40. The van der Waals surface area contributed by atoms with E-state index in [2.05, 4.69) is 46.6 Å². The van der Waals surface area contributed by atoms with Gasteiger partial charge >= 0.3 is 17.4 Å². The van der Waals surface area contributed by atoms with Crippen LogP contribution >= 0.6 is 11.8 Å². The first-order chi connectivity index (χ1) is 21.6. The highest BCUT2D eigenvalue weighted by molar-refractivity contribution is 8.14. The van der Waals surface area contributed by atoms with Crippen LogP contribution in [0, 0.1) is 35.5 Å². The number of benzene rings is 1. The number of hydrazone groups is 1. The Morgan fingerprint density at radius 1 is 0.870 bits per heavy atom. The van der Waals surface area contributed by atoms with Crippen molar-refractivity contribution >= 4 is 46.5 Å². The number of anilines is 1. The topological polar surface area (TPSA) is 106 Å². The number of ether oxygens (including phenoxy) is 2. The third kappa shape index (κ3) is 6.60. The van der Waals surface area contributed by atoms with Crippen molar-refractivity contribution < 1.29 is 28.7 Å². The Labute approximate surface area is 278 Å². The monoisotopic (exact) mass is 653 g/mol. The first-order valence-electron chi connectivity index (χ1n) is 17.1. The predicted octanol–water partition coefficient (Wildman–Crippen LogP) is 8.77. The molecule has 0 spiro atoms. The Kier molecular flexibility index (Phi) is 9.98. The van der Waals surface area contributed by atoms with Crippen LogP contribution in [0.1, 0.15) is 112 Å². The molecule has 5 rings (SSSR count). The Bertz CT molecular complexity index is 1410. The van der Waals surface area contributed by atoms with Crippen LogP contribution in [0.4, 0.5) is 20.1 Å². The van der Waals surface area contributed by atoms with Gasteiger partial charge in [-0.2, -0.15) is 5.10 Å². The molecular weight excluding hydrogens is 602 g/mol. The minimum absolute atomic E-state index is 0.235. The molecule has 1 aromatic carbocycles. The Hall–Kier alpha value is -2.88. The van der Waals surface area contributed by atoms with Gasteiger partial charge in [0.1, 0.15) is 12.2 Å². The van der Waals surface area contributed by atoms with E-state index in [1.165, 1.54) is 4.90 Å². The van der Waals surface area contributed by atoms with E-state index in [1.807, 2.05) is 13.0 Å². The van der Waals surface area contributed by atoms with Gasteiger partial charge in [0.2, 0.25) is 5.91 Å². The highest BCUT2D eigenvalue weighted by Gasteiger charge is 2.49. The number of carbonyl (C=O) groups is 4. The normalized spacial score (nSPS) is 31.2. The summed E-state index contributed by atoms with van der Waals surface area (Å²) >= 11 is 1.02. The minimum atomic E-state index is -0.995. The predicted molar refractivity (Wildman–Crippen MR) is 181 cm³/mol. The van der Waals surface area contributed by atoms with Crippen molar-refractivity contribution in [2.75, 3.05) is 4.90 Å². The molecule has 0 radical (unpaired) electrons. The van der Waals surface area contributed by atoms with Gasteiger partial charge in [0, 0.05) is 0 Å². The van der Waals surface area contributed by atoms with Crippen LogP contribution in [0.15, 0.2) is 23.3 Å². The third-order valence-electron chi connectivity index (χ3n) is 10.8. The number of nitrogens with zero attached hydrogens (tertiary/aromatic N) is 3. The molecule has 10 heteroatoms. The molecule has 0 N–H and O–H groups in total. The molecule has 1 aromatic rings. The van der Waals surface area contributed by atoms with Gasteiger partial charge in [-0.25, -0.2) is 14.5 Å². The van der Waals surface area contributed by atoms with Crippen LogP contribution in [0.25, 0.3) is 0 Å². The first-order valence-corrected chi connectivity index (χ1v) is 18.0. The first kappa shape index (κ1) is 34.5. The largest absolute Gasteiger partial charge is 0.445 e. The zero-order valence-electron chi connectivity index (χ0n) is 28.9. The van der Waals surface area contributed by atoms with Crippen LogP contribution in [-0.4, -0.2) is 51.5 Å². The molecule has 7 atom stereocenters. The summed E-state index contributed by atoms with van der Waals surface area (Å²) in [5.41, 5.74) is 1.37. The maximum atomic E-state index is 13.7. The number of carbonyl (C=O) groups excluding carboxylic acids is 4. The summed E-state index contributed by atoms with van der Waals surface area (Å²) in [6.07, 6.45) is 3.85. The van der Waals surface area contributed by atoms with E-state index in [0.717, 1.165) is 55.3 Å². The zero-order chi connectivity index (χ0) is 33.7. The molecule has 0 aromatic heterocycles. The maximum Gasteiger partial charge on any atom is 0.438 e. The van der Waals surface area contributed by atoms with E-state index in [-0.39, 0.29) is 35.2 Å². The standard InChI is InChI=1S/C36H51N3O6S/c1-19(2)25-13-10-21(5)16-29(25)44-33(41)38-28-15-12-24(18-27(28)36(8,9)32(38)40)31-23(7)46-35(43)39(37-31)34(42)45-30-17-22(6)11-14-26(30)20(3)4/h12,15,18-23,25-26,29-30H,10-11,13-14,16-17H2,1-9H3/t21-,22-,23-,25+,26+,29-,30-/m1/s1. The lowest BCUT2D eigenvalue weighted by Gasteiger charge is -2.37. The second-order valence-corrected chi connectivity index (χ2v) is 16.6. The van der Waals surface area contributed by atoms with E-state index in [0.29, 0.717) is 46.2 Å². The molecule has 2 heterocycles. The summed E-state index contributed by atoms with van der Waals surface area (Å²) in [6.45, 7) is 18.4. The van der Waals surface area contributed by atoms with Gasteiger partial charge in [0.25, 0.3) is 0 Å². The van der Waals surface area contributed by atoms with Crippen molar-refractivity contribution in [2.24, 2.45) is 40.6 Å². The van der Waals surface area contributed by atoms with Gasteiger partial charge in [0.05, 0.1) is 22.1 Å². The average molecular weight is 654 g/mol. The quantitative estimate of drug-likeness (QED) is 0.313. The molecule has 4 amide bonds. The summed E-state index contributed by atoms with van der Waals surface area (Å²) < 4.78 is 12.1. The van der Waals surface area contributed by atoms with Gasteiger partial charge in [-0.1, -0.05) is 72.2 Å². The van der Waals surface area contributed by atoms with Crippen LogP contribution in [0.2, 0.25) is 0 Å². The van der Waals surface area contributed by atoms with E-state index < -0.39 is 22.8 Å². The smallest absolute Gasteiger partial charge is 0.438 e. The summed E-state index contributed by atoms with van der Waals surface area (Å²) in [6, 6.07) is 5.39. The van der Waals surface area contributed by atoms with E-state index >= 15 is 0 Å². The molecule has 2 aliphatic carbocycles. The van der Waals surface area contributed by atoms with Crippen molar-refractivity contribution in [1.29, 1.82) is 0 Å². The number of amides is 4. The van der Waals surface area contributed by atoms with Crippen molar-refractivity contribution in [1.82, 2.24) is 5.01 Å². The summed E-state index contributed by atoms with van der Waals surface area (Å²) in [7, 11) is 0. The number of imide groups is 2. The van der Waals surface area contributed by atoms with E-state index in [9.17, 15) is 19.2 Å². The molecule has 0 saturated heterocycles. The lowest BCUT2D eigenvalue weighted by Crippen LogP contribution is -2.44. The minimum Gasteiger partial charge on any atom is -0.445 e. The van der Waals surface area contributed by atoms with Gasteiger partial charge in [-0.05, 0) is 105 Å². The fourth-order valence-electron chi connectivity index (χ4n) is 7.83. The summed E-state index contributed by atoms with van der Waals surface area (Å²) in [5.74, 6) is 1.77. The average Bonchev–Trinajstić information content (AvgIpc) is 3.17. The lowest BCUT2D eigenvalue weighted by atomic mass is 9.75.